The number of aliphatic hydroxyl groups excluding tert-OH is 4. The minimum absolute atomic E-state index is 0.0528. The van der Waals surface area contributed by atoms with Crippen LogP contribution in [0.5, 0.6) is 0 Å². The molecule has 3 aliphatic heterocycles. The first-order valence-corrected chi connectivity index (χ1v) is 18.0. The Morgan fingerprint density at radius 3 is 2.22 bits per heavy atom. The molecule has 49 heavy (non-hydrogen) atoms. The number of esters is 1. The highest BCUT2D eigenvalue weighted by Crippen LogP contribution is 2.58. The first kappa shape index (κ1) is 38.4. The van der Waals surface area contributed by atoms with Crippen molar-refractivity contribution in [1.29, 1.82) is 0 Å². The highest BCUT2D eigenvalue weighted by molar-refractivity contribution is 5.85. The van der Waals surface area contributed by atoms with Crippen LogP contribution in [0.3, 0.4) is 0 Å². The third-order valence-corrected chi connectivity index (χ3v) is 13.0. The van der Waals surface area contributed by atoms with Crippen LogP contribution < -0.4 is 0 Å². The molecule has 0 aromatic carbocycles. The van der Waals surface area contributed by atoms with Crippen LogP contribution in [0.1, 0.15) is 99.3 Å². The van der Waals surface area contributed by atoms with Crippen LogP contribution in [0.2, 0.25) is 0 Å². The summed E-state index contributed by atoms with van der Waals surface area (Å²) in [4.78, 5) is 14.6. The number of nitrogens with zero attached hydrogens (tertiary/aromatic N) is 3. The van der Waals surface area contributed by atoms with Gasteiger partial charge < -0.3 is 49.2 Å². The van der Waals surface area contributed by atoms with E-state index < -0.39 is 67.0 Å². The van der Waals surface area contributed by atoms with Gasteiger partial charge in [-0.25, -0.2) is 4.79 Å². The number of hydrogen-bond donors (Lipinski definition) is 5. The maximum absolute atomic E-state index is 11.9. The van der Waals surface area contributed by atoms with Gasteiger partial charge in [-0.2, -0.15) is 0 Å². The topological polar surface area (TPSA) is 213 Å². The van der Waals surface area contributed by atoms with Gasteiger partial charge in [0.1, 0.15) is 31.0 Å². The van der Waals surface area contributed by atoms with Gasteiger partial charge >= 0.3 is 5.97 Å². The molecule has 5 aliphatic rings. The second-order valence-electron chi connectivity index (χ2n) is 15.9. The van der Waals surface area contributed by atoms with Gasteiger partial charge in [-0.05, 0) is 100 Å². The summed E-state index contributed by atoms with van der Waals surface area (Å²) in [5.74, 6) is 0.227. The zero-order valence-corrected chi connectivity index (χ0v) is 29.7. The predicted octanol–water partition coefficient (Wildman–Crippen LogP) is 3.41. The molecular weight excluding hydrogens is 638 g/mol. The zero-order chi connectivity index (χ0) is 35.9. The molecule has 0 aromatic rings. The standard InChI is InChI=1S/C35H57N3O11/c1-7-21(8-14-34(5)23(11-15-35(34,6)44)20-16-24(39)45-17-20)33(4)12-9-22(10-13-33)48-32-29(43)30(26(40)19(3)47-32)49-31-28(42)27(41)25(37-38-36)18(2)46-31/h16,18-19,21-23,25-32,40-44H,7-15,17H2,1-6H3/t18?,19?,21?,22?,23-,25?,26?,27+,28+,29+,30+,31?,32?,33?,34?,35-/m1/s1. The third kappa shape index (κ3) is 7.55. The van der Waals surface area contributed by atoms with E-state index in [1.165, 1.54) is 0 Å². The molecule has 0 radical (unpaired) electrons. The Morgan fingerprint density at radius 1 is 0.959 bits per heavy atom. The van der Waals surface area contributed by atoms with Crippen LogP contribution in [-0.4, -0.2) is 111 Å². The van der Waals surface area contributed by atoms with Crippen molar-refractivity contribution < 1.29 is 54.0 Å². The minimum atomic E-state index is -1.59. The summed E-state index contributed by atoms with van der Waals surface area (Å²) in [6, 6.07) is -1.03. The van der Waals surface area contributed by atoms with E-state index in [4.69, 9.17) is 29.2 Å². The van der Waals surface area contributed by atoms with Gasteiger partial charge in [0.2, 0.25) is 0 Å². The van der Waals surface area contributed by atoms with Crippen LogP contribution in [0.4, 0.5) is 0 Å². The Balaban J connectivity index is 1.18. The molecule has 3 heterocycles. The van der Waals surface area contributed by atoms with E-state index in [1.54, 1.807) is 19.9 Å². The number of cyclic esters (lactones) is 1. The van der Waals surface area contributed by atoms with Gasteiger partial charge in [0.15, 0.2) is 12.6 Å². The van der Waals surface area contributed by atoms with Gasteiger partial charge in [-0.1, -0.05) is 32.3 Å². The maximum Gasteiger partial charge on any atom is 0.331 e. The third-order valence-electron chi connectivity index (χ3n) is 13.0. The molecule has 2 aliphatic carbocycles. The molecule has 0 amide bonds. The molecule has 278 valence electrons. The van der Waals surface area contributed by atoms with Crippen LogP contribution in [-0.2, 0) is 28.5 Å². The van der Waals surface area contributed by atoms with E-state index in [0.29, 0.717) is 18.9 Å². The first-order valence-electron chi connectivity index (χ1n) is 18.0. The number of hydrogen-bond acceptors (Lipinski definition) is 12. The molecule has 2 saturated heterocycles. The molecule has 14 atom stereocenters. The minimum Gasteiger partial charge on any atom is -0.458 e. The molecule has 14 nitrogen and oxygen atoms in total. The summed E-state index contributed by atoms with van der Waals surface area (Å²) in [5, 5.41) is 58.3. The molecule has 5 N–H and O–H groups in total. The normalized spacial score (nSPS) is 48.1. The van der Waals surface area contributed by atoms with Crippen molar-refractivity contribution in [2.75, 3.05) is 6.61 Å². The Labute approximate surface area is 288 Å². The number of carbonyl (C=O) groups is 1. The molecule has 0 spiro atoms. The predicted molar refractivity (Wildman–Crippen MR) is 175 cm³/mol. The summed E-state index contributed by atoms with van der Waals surface area (Å²) in [6.45, 7) is 12.2. The number of carbonyl (C=O) groups excluding carboxylic acids is 1. The average molecular weight is 696 g/mol. The summed E-state index contributed by atoms with van der Waals surface area (Å²) in [7, 11) is 0. The van der Waals surface area contributed by atoms with Gasteiger partial charge in [-0.3, -0.25) is 0 Å². The average Bonchev–Trinajstić information content (AvgIpc) is 3.58. The van der Waals surface area contributed by atoms with E-state index in [9.17, 15) is 30.3 Å². The fourth-order valence-corrected chi connectivity index (χ4v) is 9.31. The highest BCUT2D eigenvalue weighted by atomic mass is 16.7. The monoisotopic (exact) mass is 695 g/mol. The number of aliphatic hydroxyl groups is 5. The van der Waals surface area contributed by atoms with Gasteiger partial charge in [0, 0.05) is 16.4 Å². The molecule has 0 bridgehead atoms. The molecule has 14 heteroatoms. The van der Waals surface area contributed by atoms with Crippen molar-refractivity contribution in [2.24, 2.45) is 27.8 Å². The van der Waals surface area contributed by atoms with E-state index in [1.807, 2.05) is 6.92 Å². The first-order chi connectivity index (χ1) is 23.0. The van der Waals surface area contributed by atoms with Crippen molar-refractivity contribution in [3.05, 3.63) is 22.1 Å². The fraction of sp³-hybridized carbons (Fsp3) is 0.914. The van der Waals surface area contributed by atoms with Crippen molar-refractivity contribution in [1.82, 2.24) is 0 Å². The number of ether oxygens (including phenoxy) is 5. The Kier molecular flexibility index (Phi) is 11.8. The second kappa shape index (κ2) is 15.0. The summed E-state index contributed by atoms with van der Waals surface area (Å²) in [5.41, 5.74) is 8.65. The van der Waals surface area contributed by atoms with E-state index in [0.717, 1.165) is 56.9 Å². The summed E-state index contributed by atoms with van der Waals surface area (Å²) < 4.78 is 29.0. The molecule has 0 aromatic heterocycles. The molecule has 5 rings (SSSR count). The van der Waals surface area contributed by atoms with Crippen LogP contribution in [0.25, 0.3) is 10.4 Å². The fourth-order valence-electron chi connectivity index (χ4n) is 9.31. The molecule has 8 unspecified atom stereocenters. The maximum atomic E-state index is 11.9. The number of rotatable bonds is 11. The van der Waals surface area contributed by atoms with Gasteiger partial charge in [0.05, 0.1) is 36.1 Å². The number of azide groups is 1. The Bertz CT molecular complexity index is 1250. The molecular formula is C35H57N3O11. The van der Waals surface area contributed by atoms with E-state index in [-0.39, 0.29) is 28.8 Å². The van der Waals surface area contributed by atoms with Gasteiger partial charge in [0.25, 0.3) is 0 Å². The largest absolute Gasteiger partial charge is 0.458 e. The van der Waals surface area contributed by atoms with Crippen LogP contribution in [0, 0.1) is 22.7 Å². The van der Waals surface area contributed by atoms with Crippen molar-refractivity contribution in [3.8, 4) is 0 Å². The lowest BCUT2D eigenvalue weighted by atomic mass is 9.60. The Morgan fingerprint density at radius 2 is 1.61 bits per heavy atom. The second-order valence-corrected chi connectivity index (χ2v) is 15.9. The summed E-state index contributed by atoms with van der Waals surface area (Å²) >= 11 is 0. The SMILES string of the molecule is CCC(CCC1(C)[C@@H](C2=CC(=O)OC2)CC[C@@]1(C)O)C1(C)CCC(OC2OC(C)C(O)[C@H](OC3OC(C)C(N=[N+]=[N-])[C@H](O)[C@@H]3O)[C@@H]2O)CC1. The van der Waals surface area contributed by atoms with Crippen molar-refractivity contribution in [2.45, 2.75) is 172 Å². The van der Waals surface area contributed by atoms with Crippen molar-refractivity contribution >= 4 is 5.97 Å². The van der Waals surface area contributed by atoms with Crippen molar-refractivity contribution in [3.63, 3.8) is 0 Å². The lowest BCUT2D eigenvalue weighted by Crippen LogP contribution is -2.63. The quantitative estimate of drug-likeness (QED) is 0.0914. The lowest BCUT2D eigenvalue weighted by molar-refractivity contribution is -0.352. The van der Waals surface area contributed by atoms with E-state index in [2.05, 4.69) is 30.8 Å². The highest BCUT2D eigenvalue weighted by Gasteiger charge is 2.56. The molecule has 2 saturated carbocycles. The zero-order valence-electron chi connectivity index (χ0n) is 29.7. The molecule has 4 fully saturated rings. The smallest absolute Gasteiger partial charge is 0.331 e. The van der Waals surface area contributed by atoms with Gasteiger partial charge in [-0.15, -0.1) is 0 Å². The lowest BCUT2D eigenvalue weighted by Gasteiger charge is -2.48. The summed E-state index contributed by atoms with van der Waals surface area (Å²) in [6.07, 6.45) is -1.96. The Hall–Kier alpha value is -1.84. The van der Waals surface area contributed by atoms with Crippen LogP contribution >= 0.6 is 0 Å². The van der Waals surface area contributed by atoms with E-state index >= 15 is 0 Å². The van der Waals surface area contributed by atoms with Crippen LogP contribution in [0.15, 0.2) is 16.8 Å².